The third-order valence-electron chi connectivity index (χ3n) is 4.48. The topological polar surface area (TPSA) is 50.7 Å². The molecule has 0 aliphatic carbocycles. The molecule has 2 N–H and O–H groups in total. The fourth-order valence-electron chi connectivity index (χ4n) is 2.88. The summed E-state index contributed by atoms with van der Waals surface area (Å²) in [6.45, 7) is 1.22. The minimum absolute atomic E-state index is 0.205. The van der Waals surface area contributed by atoms with Crippen LogP contribution in [0.25, 0.3) is 0 Å². The molecule has 0 radical (unpaired) electrons. The normalized spacial score (nSPS) is 11.9. The van der Waals surface area contributed by atoms with Crippen LogP contribution in [0.1, 0.15) is 22.8 Å². The van der Waals surface area contributed by atoms with E-state index >= 15 is 0 Å². The lowest BCUT2D eigenvalue weighted by molar-refractivity contribution is 0.174. The van der Waals surface area contributed by atoms with Gasteiger partial charge in [0.15, 0.2) is 11.5 Å². The summed E-state index contributed by atoms with van der Waals surface area (Å²) in [6.07, 6.45) is -0.568. The molecule has 3 rings (SSSR count). The quantitative estimate of drug-likeness (QED) is 0.522. The van der Waals surface area contributed by atoms with Crippen LogP contribution in [0, 0.1) is 5.82 Å². The zero-order valence-corrected chi connectivity index (χ0v) is 16.8. The smallest absolute Gasteiger partial charge is 0.161 e. The van der Waals surface area contributed by atoms with Crippen LogP contribution in [0.3, 0.4) is 0 Å². The van der Waals surface area contributed by atoms with Gasteiger partial charge in [0.25, 0.3) is 0 Å². The molecule has 29 heavy (non-hydrogen) atoms. The van der Waals surface area contributed by atoms with Crippen molar-refractivity contribution in [1.82, 2.24) is 5.32 Å². The number of hydrogen-bond acceptors (Lipinski definition) is 4. The summed E-state index contributed by atoms with van der Waals surface area (Å²) in [6, 6.07) is 19.4. The second-order valence-electron chi connectivity index (χ2n) is 6.57. The summed E-state index contributed by atoms with van der Waals surface area (Å²) in [4.78, 5) is 0. The van der Waals surface area contributed by atoms with Gasteiger partial charge in [-0.3, -0.25) is 0 Å². The van der Waals surface area contributed by atoms with E-state index < -0.39 is 6.10 Å². The van der Waals surface area contributed by atoms with Gasteiger partial charge in [0.1, 0.15) is 12.4 Å². The fourth-order valence-corrected chi connectivity index (χ4v) is 3.10. The summed E-state index contributed by atoms with van der Waals surface area (Å²) in [5.41, 5.74) is 2.56. The second kappa shape index (κ2) is 10.3. The molecule has 0 saturated heterocycles. The van der Waals surface area contributed by atoms with Crippen LogP contribution in [-0.2, 0) is 13.2 Å². The van der Waals surface area contributed by atoms with E-state index in [0.717, 1.165) is 11.1 Å². The summed E-state index contributed by atoms with van der Waals surface area (Å²) in [7, 11) is 1.57. The van der Waals surface area contributed by atoms with Crippen LogP contribution in [-0.4, -0.2) is 18.8 Å². The van der Waals surface area contributed by atoms with Gasteiger partial charge in [-0.15, -0.1) is 0 Å². The van der Waals surface area contributed by atoms with E-state index in [1.54, 1.807) is 13.2 Å². The van der Waals surface area contributed by atoms with Gasteiger partial charge in [-0.25, -0.2) is 4.39 Å². The Labute approximate surface area is 174 Å². The molecule has 0 fully saturated rings. The largest absolute Gasteiger partial charge is 0.493 e. The van der Waals surface area contributed by atoms with E-state index in [-0.39, 0.29) is 12.4 Å². The number of halogens is 2. The standard InChI is InChI=1S/C23H23ClFNO3/c1-28-23-11-16(13-26-14-21(27)17-5-3-2-4-6-17)7-10-22(23)29-15-18-8-9-19(25)12-20(18)24/h2-12,21,26-27H,13-15H2,1H3/t21-/m0/s1. The van der Waals surface area contributed by atoms with Gasteiger partial charge in [0.05, 0.1) is 18.2 Å². The van der Waals surface area contributed by atoms with E-state index in [1.165, 1.54) is 12.1 Å². The maximum atomic E-state index is 13.2. The van der Waals surface area contributed by atoms with Crippen LogP contribution in [0.2, 0.25) is 5.02 Å². The molecular formula is C23H23ClFNO3. The van der Waals surface area contributed by atoms with E-state index in [9.17, 15) is 9.50 Å². The molecule has 0 amide bonds. The molecule has 3 aromatic carbocycles. The molecule has 0 spiro atoms. The number of rotatable bonds is 9. The first-order valence-electron chi connectivity index (χ1n) is 9.24. The Morgan fingerprint density at radius 1 is 1.03 bits per heavy atom. The summed E-state index contributed by atoms with van der Waals surface area (Å²) < 4.78 is 24.4. The predicted molar refractivity (Wildman–Crippen MR) is 112 cm³/mol. The Hall–Kier alpha value is -2.60. The van der Waals surface area contributed by atoms with Crippen molar-refractivity contribution in [3.8, 4) is 11.5 Å². The first-order chi connectivity index (χ1) is 14.1. The van der Waals surface area contributed by atoms with Crippen molar-refractivity contribution in [3.05, 3.63) is 94.3 Å². The Morgan fingerprint density at radius 3 is 2.55 bits per heavy atom. The van der Waals surface area contributed by atoms with Crippen LogP contribution < -0.4 is 14.8 Å². The molecule has 0 aliphatic heterocycles. The maximum absolute atomic E-state index is 13.2. The van der Waals surface area contributed by atoms with E-state index in [2.05, 4.69) is 5.32 Å². The van der Waals surface area contributed by atoms with Crippen LogP contribution in [0.4, 0.5) is 4.39 Å². The molecule has 0 saturated carbocycles. The Bertz CT molecular complexity index is 937. The highest BCUT2D eigenvalue weighted by Gasteiger charge is 2.10. The average molecular weight is 416 g/mol. The van der Waals surface area contributed by atoms with Crippen LogP contribution in [0.15, 0.2) is 66.7 Å². The lowest BCUT2D eigenvalue weighted by Crippen LogP contribution is -2.21. The minimum Gasteiger partial charge on any atom is -0.493 e. The molecule has 0 heterocycles. The zero-order valence-electron chi connectivity index (χ0n) is 16.1. The van der Waals surface area contributed by atoms with Crippen molar-refractivity contribution in [2.45, 2.75) is 19.3 Å². The molecule has 152 valence electrons. The number of aliphatic hydroxyl groups excluding tert-OH is 1. The van der Waals surface area contributed by atoms with Gasteiger partial charge in [0, 0.05) is 18.7 Å². The van der Waals surface area contributed by atoms with E-state index in [4.69, 9.17) is 21.1 Å². The lowest BCUT2D eigenvalue weighted by atomic mass is 10.1. The van der Waals surface area contributed by atoms with Crippen molar-refractivity contribution in [1.29, 1.82) is 0 Å². The van der Waals surface area contributed by atoms with Crippen LogP contribution >= 0.6 is 11.6 Å². The number of benzene rings is 3. The van der Waals surface area contributed by atoms with Gasteiger partial charge < -0.3 is 19.9 Å². The van der Waals surface area contributed by atoms with Gasteiger partial charge in [-0.05, 0) is 35.4 Å². The first kappa shape index (κ1) is 21.1. The molecule has 4 nitrogen and oxygen atoms in total. The van der Waals surface area contributed by atoms with Crippen molar-refractivity contribution in [2.24, 2.45) is 0 Å². The fraction of sp³-hybridized carbons (Fsp3) is 0.217. The van der Waals surface area contributed by atoms with E-state index in [1.807, 2.05) is 48.5 Å². The number of hydrogen-bond donors (Lipinski definition) is 2. The molecule has 6 heteroatoms. The van der Waals surface area contributed by atoms with Gasteiger partial charge in [-0.1, -0.05) is 54.1 Å². The lowest BCUT2D eigenvalue weighted by Gasteiger charge is -2.15. The zero-order chi connectivity index (χ0) is 20.6. The summed E-state index contributed by atoms with van der Waals surface area (Å²) in [5, 5.41) is 13.8. The maximum Gasteiger partial charge on any atom is 0.161 e. The number of nitrogens with one attached hydrogen (secondary N) is 1. The highest BCUT2D eigenvalue weighted by molar-refractivity contribution is 6.31. The molecule has 1 atom stereocenters. The molecule has 0 aliphatic rings. The van der Waals surface area contributed by atoms with Gasteiger partial charge >= 0.3 is 0 Å². The van der Waals surface area contributed by atoms with E-state index in [0.29, 0.717) is 35.2 Å². The number of ether oxygens (including phenoxy) is 2. The molecule has 0 unspecified atom stereocenters. The predicted octanol–water partition coefficient (Wildman–Crippen LogP) is 4.89. The summed E-state index contributed by atoms with van der Waals surface area (Å²) in [5.74, 6) is 0.776. The summed E-state index contributed by atoms with van der Waals surface area (Å²) >= 11 is 6.04. The number of methoxy groups -OCH3 is 1. The molecule has 0 bridgehead atoms. The minimum atomic E-state index is -0.568. The van der Waals surface area contributed by atoms with Crippen molar-refractivity contribution in [3.63, 3.8) is 0 Å². The Balaban J connectivity index is 1.56. The molecule has 0 aromatic heterocycles. The molecule has 3 aromatic rings. The van der Waals surface area contributed by atoms with Gasteiger partial charge in [0.2, 0.25) is 0 Å². The van der Waals surface area contributed by atoms with Gasteiger partial charge in [-0.2, -0.15) is 0 Å². The highest BCUT2D eigenvalue weighted by atomic mass is 35.5. The monoisotopic (exact) mass is 415 g/mol. The third kappa shape index (κ3) is 5.94. The highest BCUT2D eigenvalue weighted by Crippen LogP contribution is 2.30. The number of aliphatic hydroxyl groups is 1. The Kier molecular flexibility index (Phi) is 7.47. The second-order valence-corrected chi connectivity index (χ2v) is 6.97. The Morgan fingerprint density at radius 2 is 1.83 bits per heavy atom. The van der Waals surface area contributed by atoms with Crippen molar-refractivity contribution >= 4 is 11.6 Å². The SMILES string of the molecule is COc1cc(CNC[C@H](O)c2ccccc2)ccc1OCc1ccc(F)cc1Cl. The van der Waals surface area contributed by atoms with Crippen molar-refractivity contribution < 1.29 is 19.0 Å². The first-order valence-corrected chi connectivity index (χ1v) is 9.62. The third-order valence-corrected chi connectivity index (χ3v) is 4.83. The molecular weight excluding hydrogens is 393 g/mol. The van der Waals surface area contributed by atoms with Crippen LogP contribution in [0.5, 0.6) is 11.5 Å². The van der Waals surface area contributed by atoms with Crippen molar-refractivity contribution in [2.75, 3.05) is 13.7 Å². The average Bonchev–Trinajstić information content (AvgIpc) is 2.74.